The van der Waals surface area contributed by atoms with Gasteiger partial charge in [0.15, 0.2) is 0 Å². The van der Waals surface area contributed by atoms with Crippen molar-refractivity contribution in [3.05, 3.63) is 48.3 Å². The fourth-order valence-electron chi connectivity index (χ4n) is 1.47. The highest BCUT2D eigenvalue weighted by Crippen LogP contribution is 2.13. The van der Waals surface area contributed by atoms with Gasteiger partial charge < -0.3 is 11.1 Å². The van der Waals surface area contributed by atoms with E-state index in [1.165, 1.54) is 12.1 Å². The highest BCUT2D eigenvalue weighted by molar-refractivity contribution is 5.82. The molecular weight excluding hydrogens is 219 g/mol. The van der Waals surface area contributed by atoms with Crippen LogP contribution in [-0.4, -0.2) is 11.9 Å². The van der Waals surface area contributed by atoms with Crippen LogP contribution < -0.4 is 11.1 Å². The van der Waals surface area contributed by atoms with Crippen LogP contribution in [-0.2, 0) is 4.79 Å². The summed E-state index contributed by atoms with van der Waals surface area (Å²) in [6.07, 6.45) is 2.01. The number of carbonyl (C=O) groups excluding carboxylic acids is 1. The average molecular weight is 236 g/mol. The Balaban J connectivity index is 2.63. The molecule has 1 amide bonds. The summed E-state index contributed by atoms with van der Waals surface area (Å²) in [6, 6.07) is 5.24. The molecule has 17 heavy (non-hydrogen) atoms. The zero-order valence-electron chi connectivity index (χ0n) is 9.82. The second-order valence-electron chi connectivity index (χ2n) is 3.92. The van der Waals surface area contributed by atoms with Crippen LogP contribution in [0, 0.1) is 5.82 Å². The zero-order valence-corrected chi connectivity index (χ0v) is 9.82. The van der Waals surface area contributed by atoms with Gasteiger partial charge in [0.05, 0.1) is 12.1 Å². The van der Waals surface area contributed by atoms with Gasteiger partial charge in [-0.25, -0.2) is 4.39 Å². The van der Waals surface area contributed by atoms with E-state index < -0.39 is 6.04 Å². The summed E-state index contributed by atoms with van der Waals surface area (Å²) in [4.78, 5) is 11.6. The lowest BCUT2D eigenvalue weighted by atomic mass is 10.1. The van der Waals surface area contributed by atoms with Gasteiger partial charge in [-0.1, -0.05) is 18.2 Å². The molecule has 2 atom stereocenters. The van der Waals surface area contributed by atoms with E-state index in [-0.39, 0.29) is 17.8 Å². The second-order valence-corrected chi connectivity index (χ2v) is 3.92. The van der Waals surface area contributed by atoms with Crippen LogP contribution in [0.3, 0.4) is 0 Å². The van der Waals surface area contributed by atoms with Gasteiger partial charge in [-0.15, -0.1) is 6.58 Å². The van der Waals surface area contributed by atoms with Gasteiger partial charge in [0.1, 0.15) is 5.82 Å². The molecule has 3 N–H and O–H groups in total. The van der Waals surface area contributed by atoms with E-state index in [2.05, 4.69) is 11.9 Å². The lowest BCUT2D eigenvalue weighted by molar-refractivity contribution is -0.122. The van der Waals surface area contributed by atoms with Crippen molar-refractivity contribution in [2.75, 3.05) is 0 Å². The number of carbonyl (C=O) groups is 1. The third kappa shape index (κ3) is 4.00. The normalized spacial score (nSPS) is 13.8. The van der Waals surface area contributed by atoms with Gasteiger partial charge in [0.2, 0.25) is 5.91 Å². The van der Waals surface area contributed by atoms with Gasteiger partial charge in [0, 0.05) is 0 Å². The van der Waals surface area contributed by atoms with Crippen LogP contribution in [0.25, 0.3) is 0 Å². The second kappa shape index (κ2) is 6.15. The Morgan fingerprint density at radius 3 is 2.94 bits per heavy atom. The molecule has 0 bridgehead atoms. The van der Waals surface area contributed by atoms with E-state index in [9.17, 15) is 9.18 Å². The maximum absolute atomic E-state index is 13.0. The molecular formula is C13H17FN2O. The van der Waals surface area contributed by atoms with Crippen molar-refractivity contribution in [3.8, 4) is 0 Å². The van der Waals surface area contributed by atoms with E-state index in [1.807, 2.05) is 0 Å². The van der Waals surface area contributed by atoms with E-state index in [0.717, 1.165) is 0 Å². The Kier molecular flexibility index (Phi) is 4.84. The Hall–Kier alpha value is -1.68. The number of hydrogen-bond donors (Lipinski definition) is 2. The number of hydrogen-bond acceptors (Lipinski definition) is 2. The SMILES string of the molecule is C=CCC(N)C(=O)N[C@@H](C)c1cccc(F)c1. The van der Waals surface area contributed by atoms with Gasteiger partial charge in [-0.05, 0) is 31.0 Å². The smallest absolute Gasteiger partial charge is 0.237 e. The Morgan fingerprint density at radius 2 is 2.35 bits per heavy atom. The molecule has 92 valence electrons. The van der Waals surface area contributed by atoms with E-state index >= 15 is 0 Å². The number of amides is 1. The summed E-state index contributed by atoms with van der Waals surface area (Å²) in [5.41, 5.74) is 6.34. The highest BCUT2D eigenvalue weighted by atomic mass is 19.1. The van der Waals surface area contributed by atoms with E-state index in [1.54, 1.807) is 25.1 Å². The minimum Gasteiger partial charge on any atom is -0.348 e. The molecule has 0 spiro atoms. The third-order valence-electron chi connectivity index (χ3n) is 2.46. The van der Waals surface area contributed by atoms with Crippen LogP contribution in [0.1, 0.15) is 24.9 Å². The summed E-state index contributed by atoms with van der Waals surface area (Å²) < 4.78 is 13.0. The molecule has 0 aliphatic carbocycles. The van der Waals surface area contributed by atoms with Crippen molar-refractivity contribution in [1.29, 1.82) is 0 Å². The number of rotatable bonds is 5. The molecule has 0 fully saturated rings. The largest absolute Gasteiger partial charge is 0.348 e. The van der Waals surface area contributed by atoms with Crippen LogP contribution in [0.2, 0.25) is 0 Å². The standard InChI is InChI=1S/C13H17FN2O/c1-3-5-12(15)13(17)16-9(2)10-6-4-7-11(14)8-10/h3-4,6-9,12H,1,5,15H2,2H3,(H,16,17)/t9-,12?/m0/s1. The number of halogens is 1. The Morgan fingerprint density at radius 1 is 1.65 bits per heavy atom. The fraction of sp³-hybridized carbons (Fsp3) is 0.308. The van der Waals surface area contributed by atoms with Crippen molar-refractivity contribution in [2.45, 2.75) is 25.4 Å². The van der Waals surface area contributed by atoms with Gasteiger partial charge in [-0.3, -0.25) is 4.79 Å². The first-order valence-corrected chi connectivity index (χ1v) is 5.47. The molecule has 0 aliphatic heterocycles. The molecule has 0 heterocycles. The Bertz CT molecular complexity index is 406. The van der Waals surface area contributed by atoms with Gasteiger partial charge in [-0.2, -0.15) is 0 Å². The van der Waals surface area contributed by atoms with Crippen molar-refractivity contribution in [3.63, 3.8) is 0 Å². The molecule has 0 aliphatic rings. The van der Waals surface area contributed by atoms with Gasteiger partial charge >= 0.3 is 0 Å². The lowest BCUT2D eigenvalue weighted by Gasteiger charge is -2.17. The summed E-state index contributed by atoms with van der Waals surface area (Å²) in [6.45, 7) is 5.31. The molecule has 1 aromatic carbocycles. The van der Waals surface area contributed by atoms with Crippen LogP contribution in [0.5, 0.6) is 0 Å². The number of benzene rings is 1. The highest BCUT2D eigenvalue weighted by Gasteiger charge is 2.15. The maximum atomic E-state index is 13.0. The summed E-state index contributed by atoms with van der Waals surface area (Å²) in [7, 11) is 0. The molecule has 3 nitrogen and oxygen atoms in total. The monoisotopic (exact) mass is 236 g/mol. The summed E-state index contributed by atoms with van der Waals surface area (Å²) >= 11 is 0. The molecule has 0 saturated heterocycles. The topological polar surface area (TPSA) is 55.1 Å². The Labute approximate surface area is 101 Å². The zero-order chi connectivity index (χ0) is 12.8. The first kappa shape index (κ1) is 13.4. The van der Waals surface area contributed by atoms with Crippen molar-refractivity contribution in [2.24, 2.45) is 5.73 Å². The van der Waals surface area contributed by atoms with Crippen LogP contribution in [0.4, 0.5) is 4.39 Å². The minimum atomic E-state index is -0.608. The molecule has 1 rings (SSSR count). The van der Waals surface area contributed by atoms with Crippen molar-refractivity contribution >= 4 is 5.91 Å². The average Bonchev–Trinajstić information content (AvgIpc) is 2.29. The van der Waals surface area contributed by atoms with Crippen molar-refractivity contribution in [1.82, 2.24) is 5.32 Å². The third-order valence-corrected chi connectivity index (χ3v) is 2.46. The summed E-state index contributed by atoms with van der Waals surface area (Å²) in [5, 5.41) is 2.73. The maximum Gasteiger partial charge on any atom is 0.237 e. The number of nitrogens with two attached hydrogens (primary N) is 1. The molecule has 0 saturated carbocycles. The molecule has 0 radical (unpaired) electrons. The predicted molar refractivity (Wildman–Crippen MR) is 65.7 cm³/mol. The first-order valence-electron chi connectivity index (χ1n) is 5.47. The molecule has 4 heteroatoms. The molecule has 1 aromatic rings. The number of nitrogens with one attached hydrogen (secondary N) is 1. The van der Waals surface area contributed by atoms with Crippen LogP contribution in [0.15, 0.2) is 36.9 Å². The van der Waals surface area contributed by atoms with Crippen LogP contribution >= 0.6 is 0 Å². The van der Waals surface area contributed by atoms with Crippen molar-refractivity contribution < 1.29 is 9.18 Å². The fourth-order valence-corrected chi connectivity index (χ4v) is 1.47. The quantitative estimate of drug-likeness (QED) is 0.767. The first-order chi connectivity index (χ1) is 8.04. The van der Waals surface area contributed by atoms with E-state index in [4.69, 9.17) is 5.73 Å². The lowest BCUT2D eigenvalue weighted by Crippen LogP contribution is -2.41. The van der Waals surface area contributed by atoms with E-state index in [0.29, 0.717) is 12.0 Å². The van der Waals surface area contributed by atoms with Gasteiger partial charge in [0.25, 0.3) is 0 Å². The summed E-state index contributed by atoms with van der Waals surface area (Å²) in [5.74, 6) is -0.583. The molecule has 1 unspecified atom stereocenters. The minimum absolute atomic E-state index is 0.262. The predicted octanol–water partition coefficient (Wildman–Crippen LogP) is 1.91. The molecule has 0 aromatic heterocycles.